The Morgan fingerprint density at radius 2 is 1.80 bits per heavy atom. The number of hydrogen-bond acceptors (Lipinski definition) is 5. The lowest BCUT2D eigenvalue weighted by molar-refractivity contribution is -0.192. The Morgan fingerprint density at radius 3 is 2.30 bits per heavy atom. The number of likely N-dealkylation sites (tertiary alicyclic amines) is 1. The van der Waals surface area contributed by atoms with Crippen LogP contribution in [0.15, 0.2) is 36.9 Å². The molecule has 2 aromatic heterocycles. The van der Waals surface area contributed by atoms with E-state index < -0.39 is 12.1 Å². The number of anilines is 1. The summed E-state index contributed by atoms with van der Waals surface area (Å²) in [6.07, 6.45) is 1.69. The van der Waals surface area contributed by atoms with Crippen molar-refractivity contribution in [2.45, 2.75) is 6.18 Å². The van der Waals surface area contributed by atoms with Crippen molar-refractivity contribution >= 4 is 23.5 Å². The number of carboxylic acids is 1. The molecule has 2 aliphatic heterocycles. The molecule has 2 amide bonds. The molecule has 0 aromatic carbocycles. The highest BCUT2D eigenvalue weighted by Gasteiger charge is 2.48. The number of fused-ring (bicyclic) bond motifs is 1. The van der Waals surface area contributed by atoms with E-state index >= 15 is 0 Å². The summed E-state index contributed by atoms with van der Waals surface area (Å²) in [5.41, 5.74) is 1.45. The second-order valence-corrected chi connectivity index (χ2v) is 6.94. The van der Waals surface area contributed by atoms with Crippen LogP contribution >= 0.6 is 0 Å². The zero-order chi connectivity index (χ0) is 22.1. The number of alkyl halides is 3. The summed E-state index contributed by atoms with van der Waals surface area (Å²) in [7, 11) is 1.83. The van der Waals surface area contributed by atoms with Gasteiger partial charge in [-0.05, 0) is 12.1 Å². The quantitative estimate of drug-likeness (QED) is 0.774. The average Bonchev–Trinajstić information content (AvgIpc) is 3.38. The Kier molecular flexibility index (Phi) is 5.76. The van der Waals surface area contributed by atoms with Gasteiger partial charge in [-0.1, -0.05) is 0 Å². The summed E-state index contributed by atoms with van der Waals surface area (Å²) in [4.78, 5) is 41.5. The van der Waals surface area contributed by atoms with Gasteiger partial charge in [-0.15, -0.1) is 0 Å². The van der Waals surface area contributed by atoms with Gasteiger partial charge in [0.2, 0.25) is 5.91 Å². The number of amides is 2. The first-order valence-electron chi connectivity index (χ1n) is 8.87. The first-order chi connectivity index (χ1) is 14.1. The van der Waals surface area contributed by atoms with Crippen molar-refractivity contribution in [2.75, 3.05) is 24.5 Å². The van der Waals surface area contributed by atoms with Gasteiger partial charge in [-0.25, -0.2) is 4.79 Å². The van der Waals surface area contributed by atoms with Gasteiger partial charge in [-0.3, -0.25) is 19.3 Å². The van der Waals surface area contributed by atoms with Gasteiger partial charge in [0.05, 0.1) is 17.8 Å². The Bertz CT molecular complexity index is 947. The number of carboxylic acid groups (broad SMARTS) is 1. The Morgan fingerprint density at radius 1 is 1.17 bits per heavy atom. The number of pyridine rings is 1. The average molecular weight is 425 g/mol. The van der Waals surface area contributed by atoms with Crippen LogP contribution in [0, 0.1) is 11.8 Å². The van der Waals surface area contributed by atoms with Gasteiger partial charge in [-0.2, -0.15) is 18.3 Å². The molecule has 2 aromatic rings. The molecule has 9 nitrogen and oxygen atoms in total. The highest BCUT2D eigenvalue weighted by molar-refractivity contribution is 6.00. The van der Waals surface area contributed by atoms with Gasteiger partial charge in [0.15, 0.2) is 0 Å². The molecule has 2 fully saturated rings. The third-order valence-corrected chi connectivity index (χ3v) is 4.90. The molecule has 0 saturated carbocycles. The SMILES string of the molecule is Cn1cc(N2C[C@@H]3CN(C(=O)c4ccncc4)C[C@@H]3C2=O)cn1.O=C(O)C(F)(F)F. The summed E-state index contributed by atoms with van der Waals surface area (Å²) in [5, 5.41) is 11.2. The van der Waals surface area contributed by atoms with Gasteiger partial charge in [0, 0.05) is 56.8 Å². The van der Waals surface area contributed by atoms with Gasteiger partial charge >= 0.3 is 12.1 Å². The van der Waals surface area contributed by atoms with Crippen LogP contribution in [0.5, 0.6) is 0 Å². The van der Waals surface area contributed by atoms with E-state index in [2.05, 4.69) is 10.1 Å². The zero-order valence-electron chi connectivity index (χ0n) is 15.8. The molecule has 1 N–H and O–H groups in total. The van der Waals surface area contributed by atoms with Crippen molar-refractivity contribution in [3.63, 3.8) is 0 Å². The number of carbonyl (C=O) groups is 3. The molecule has 160 valence electrons. The summed E-state index contributed by atoms with van der Waals surface area (Å²) in [6, 6.07) is 3.42. The third-order valence-electron chi connectivity index (χ3n) is 4.90. The van der Waals surface area contributed by atoms with E-state index in [9.17, 15) is 22.8 Å². The molecule has 0 bridgehead atoms. The number of nitrogens with zero attached hydrogens (tertiary/aromatic N) is 5. The van der Waals surface area contributed by atoms with Crippen LogP contribution in [-0.4, -0.2) is 68.4 Å². The normalized spacial score (nSPS) is 20.6. The molecule has 4 rings (SSSR count). The van der Waals surface area contributed by atoms with Crippen molar-refractivity contribution in [2.24, 2.45) is 18.9 Å². The van der Waals surface area contributed by atoms with Crippen molar-refractivity contribution < 1.29 is 32.7 Å². The topological polar surface area (TPSA) is 109 Å². The van der Waals surface area contributed by atoms with Crippen LogP contribution in [0.3, 0.4) is 0 Å². The lowest BCUT2D eigenvalue weighted by Crippen LogP contribution is -2.35. The van der Waals surface area contributed by atoms with Crippen LogP contribution in [0.2, 0.25) is 0 Å². The van der Waals surface area contributed by atoms with Crippen LogP contribution in [-0.2, 0) is 16.6 Å². The Labute approximate surface area is 168 Å². The number of carbonyl (C=O) groups excluding carboxylic acids is 2. The minimum atomic E-state index is -5.08. The standard InChI is InChI=1S/C16H17N5O2.C2HF3O2/c1-19-9-13(6-18-19)21-8-12-7-20(10-14(12)16(21)23)15(22)11-2-4-17-5-3-11;3-2(4,5)1(6)7/h2-6,9,12,14H,7-8,10H2,1H3;(H,6,7)/t12-,14-;/m0./s1. The van der Waals surface area contributed by atoms with Crippen molar-refractivity contribution in [1.29, 1.82) is 0 Å². The molecule has 0 radical (unpaired) electrons. The second-order valence-electron chi connectivity index (χ2n) is 6.94. The molecule has 12 heteroatoms. The molecule has 0 spiro atoms. The molecule has 0 unspecified atom stereocenters. The maximum Gasteiger partial charge on any atom is 0.490 e. The summed E-state index contributed by atoms with van der Waals surface area (Å²) in [6.45, 7) is 1.76. The number of aliphatic carboxylic acids is 1. The van der Waals surface area contributed by atoms with Crippen molar-refractivity contribution in [3.05, 3.63) is 42.5 Å². The van der Waals surface area contributed by atoms with Gasteiger partial charge < -0.3 is 14.9 Å². The predicted molar refractivity (Wildman–Crippen MR) is 96.4 cm³/mol. The second kappa shape index (κ2) is 8.13. The maximum absolute atomic E-state index is 12.6. The highest BCUT2D eigenvalue weighted by atomic mass is 19.4. The van der Waals surface area contributed by atoms with E-state index in [4.69, 9.17) is 9.90 Å². The fourth-order valence-electron chi connectivity index (χ4n) is 3.48. The zero-order valence-corrected chi connectivity index (χ0v) is 15.8. The molecule has 2 saturated heterocycles. The van der Waals surface area contributed by atoms with Crippen molar-refractivity contribution in [1.82, 2.24) is 19.7 Å². The van der Waals surface area contributed by atoms with E-state index in [-0.39, 0.29) is 23.7 Å². The Balaban J connectivity index is 0.000000318. The predicted octanol–water partition coefficient (Wildman–Crippen LogP) is 1.18. The van der Waals surface area contributed by atoms with Crippen LogP contribution < -0.4 is 4.90 Å². The summed E-state index contributed by atoms with van der Waals surface area (Å²) >= 11 is 0. The van der Waals surface area contributed by atoms with Gasteiger partial charge in [0.1, 0.15) is 0 Å². The highest BCUT2D eigenvalue weighted by Crippen LogP contribution is 2.35. The monoisotopic (exact) mass is 425 g/mol. The molecule has 0 aliphatic carbocycles. The maximum atomic E-state index is 12.6. The van der Waals surface area contributed by atoms with Crippen LogP contribution in [0.1, 0.15) is 10.4 Å². The number of hydrogen-bond donors (Lipinski definition) is 1. The molecule has 2 aliphatic rings. The number of rotatable bonds is 2. The first kappa shape index (κ1) is 21.3. The van der Waals surface area contributed by atoms with E-state index in [0.29, 0.717) is 25.2 Å². The van der Waals surface area contributed by atoms with E-state index in [1.807, 2.05) is 13.2 Å². The van der Waals surface area contributed by atoms with E-state index in [0.717, 1.165) is 5.69 Å². The van der Waals surface area contributed by atoms with Crippen molar-refractivity contribution in [3.8, 4) is 0 Å². The summed E-state index contributed by atoms with van der Waals surface area (Å²) < 4.78 is 33.4. The minimum Gasteiger partial charge on any atom is -0.475 e. The molecule has 30 heavy (non-hydrogen) atoms. The largest absolute Gasteiger partial charge is 0.490 e. The van der Waals surface area contributed by atoms with E-state index in [1.54, 1.807) is 45.2 Å². The van der Waals surface area contributed by atoms with Crippen LogP contribution in [0.25, 0.3) is 0 Å². The van der Waals surface area contributed by atoms with Crippen LogP contribution in [0.4, 0.5) is 18.9 Å². The summed E-state index contributed by atoms with van der Waals surface area (Å²) in [5.74, 6) is -2.61. The molecule has 4 heterocycles. The number of aryl methyl sites for hydroxylation is 1. The van der Waals surface area contributed by atoms with Gasteiger partial charge in [0.25, 0.3) is 5.91 Å². The third kappa shape index (κ3) is 4.42. The Hall–Kier alpha value is -3.44. The molecular weight excluding hydrogens is 407 g/mol. The first-order valence-corrected chi connectivity index (χ1v) is 8.87. The fourth-order valence-corrected chi connectivity index (χ4v) is 3.48. The number of halogens is 3. The lowest BCUT2D eigenvalue weighted by Gasteiger charge is -2.21. The fraction of sp³-hybridized carbons (Fsp3) is 0.389. The smallest absolute Gasteiger partial charge is 0.475 e. The lowest BCUT2D eigenvalue weighted by atomic mass is 10.0. The van der Waals surface area contributed by atoms with E-state index in [1.165, 1.54) is 0 Å². The molecular formula is C18H18F3N5O4. The molecule has 2 atom stereocenters. The minimum absolute atomic E-state index is 0.0254. The number of aromatic nitrogens is 3.